The van der Waals surface area contributed by atoms with Gasteiger partial charge in [-0.05, 0) is 43.7 Å². The molecule has 1 heterocycles. The zero-order valence-electron chi connectivity index (χ0n) is 13.4. The minimum atomic E-state index is -3.38. The average Bonchev–Trinajstić information content (AvgIpc) is 2.96. The number of amides is 1. The van der Waals surface area contributed by atoms with Crippen LogP contribution in [0.1, 0.15) is 26.2 Å². The molecule has 0 unspecified atom stereocenters. The molecule has 1 amide bonds. The number of hydrogen-bond acceptors (Lipinski definition) is 3. The van der Waals surface area contributed by atoms with E-state index in [1.54, 1.807) is 30.3 Å². The number of allylic oxidation sites excluding steroid dienone is 2. The quantitative estimate of drug-likeness (QED) is 0.796. The zero-order valence-corrected chi connectivity index (χ0v) is 14.3. The molecule has 124 valence electrons. The van der Waals surface area contributed by atoms with Crippen molar-refractivity contribution in [3.63, 3.8) is 0 Å². The van der Waals surface area contributed by atoms with E-state index >= 15 is 0 Å². The Morgan fingerprint density at radius 2 is 1.87 bits per heavy atom. The van der Waals surface area contributed by atoms with Gasteiger partial charge in [0, 0.05) is 19.5 Å². The molecule has 0 radical (unpaired) electrons. The number of hydrogen-bond donors (Lipinski definition) is 0. The molecule has 0 spiro atoms. The number of fused-ring (bicyclic) bond motifs is 1. The molecule has 1 saturated heterocycles. The number of likely N-dealkylation sites (tertiary alicyclic amines) is 1. The summed E-state index contributed by atoms with van der Waals surface area (Å²) in [5.41, 5.74) is 1.41. The Kier molecular flexibility index (Phi) is 4.57. The maximum atomic E-state index is 12.4. The molecule has 3 rings (SSSR count). The van der Waals surface area contributed by atoms with Crippen LogP contribution in [0.4, 0.5) is 0 Å². The highest BCUT2D eigenvalue weighted by molar-refractivity contribution is 7.91. The van der Waals surface area contributed by atoms with Crippen LogP contribution < -0.4 is 0 Å². The fourth-order valence-electron chi connectivity index (χ4n) is 3.62. The molecular weight excluding hydrogens is 310 g/mol. The lowest BCUT2D eigenvalue weighted by Crippen LogP contribution is -2.30. The van der Waals surface area contributed by atoms with Crippen molar-refractivity contribution in [2.75, 3.05) is 18.8 Å². The van der Waals surface area contributed by atoms with E-state index in [-0.39, 0.29) is 18.1 Å². The van der Waals surface area contributed by atoms with Crippen molar-refractivity contribution in [1.29, 1.82) is 0 Å². The van der Waals surface area contributed by atoms with Gasteiger partial charge in [0.2, 0.25) is 5.91 Å². The molecule has 0 saturated carbocycles. The van der Waals surface area contributed by atoms with Crippen LogP contribution in [-0.2, 0) is 14.6 Å². The van der Waals surface area contributed by atoms with E-state index < -0.39 is 9.84 Å². The topological polar surface area (TPSA) is 54.5 Å². The predicted octanol–water partition coefficient (Wildman–Crippen LogP) is 2.67. The third-order valence-corrected chi connectivity index (χ3v) is 6.70. The molecular formula is C18H23NO3S. The number of sulfone groups is 1. The van der Waals surface area contributed by atoms with Gasteiger partial charge < -0.3 is 4.90 Å². The normalized spacial score (nSPS) is 24.2. The van der Waals surface area contributed by atoms with Crippen LogP contribution in [0.5, 0.6) is 0 Å². The van der Waals surface area contributed by atoms with Crippen LogP contribution in [0, 0.1) is 11.8 Å². The van der Waals surface area contributed by atoms with Crippen molar-refractivity contribution in [2.45, 2.75) is 31.1 Å². The summed E-state index contributed by atoms with van der Waals surface area (Å²) >= 11 is 0. The summed E-state index contributed by atoms with van der Waals surface area (Å²) < 4.78 is 24.5. The smallest absolute Gasteiger partial charge is 0.223 e. The summed E-state index contributed by atoms with van der Waals surface area (Å²) in [7, 11) is -3.38. The molecule has 4 nitrogen and oxygen atoms in total. The number of carbonyl (C=O) groups is 1. The molecule has 1 aliphatic carbocycles. The molecule has 1 aromatic rings. The van der Waals surface area contributed by atoms with Crippen molar-refractivity contribution < 1.29 is 13.2 Å². The van der Waals surface area contributed by atoms with E-state index in [2.05, 4.69) is 13.0 Å². The van der Waals surface area contributed by atoms with Gasteiger partial charge in [-0.1, -0.05) is 29.8 Å². The molecule has 23 heavy (non-hydrogen) atoms. The van der Waals surface area contributed by atoms with Gasteiger partial charge in [0.05, 0.1) is 10.6 Å². The van der Waals surface area contributed by atoms with Crippen LogP contribution >= 0.6 is 0 Å². The van der Waals surface area contributed by atoms with Gasteiger partial charge in [-0.25, -0.2) is 8.42 Å². The van der Waals surface area contributed by atoms with Crippen molar-refractivity contribution in [3.8, 4) is 0 Å². The molecule has 0 aromatic heterocycles. The van der Waals surface area contributed by atoms with Gasteiger partial charge in [-0.15, -0.1) is 0 Å². The molecule has 0 N–H and O–H groups in total. The van der Waals surface area contributed by atoms with Crippen LogP contribution in [0.15, 0.2) is 46.9 Å². The number of benzene rings is 1. The summed E-state index contributed by atoms with van der Waals surface area (Å²) in [6.45, 7) is 3.70. The average molecular weight is 333 g/mol. The van der Waals surface area contributed by atoms with Crippen LogP contribution in [0.25, 0.3) is 0 Å². The van der Waals surface area contributed by atoms with Crippen molar-refractivity contribution in [1.82, 2.24) is 4.90 Å². The first kappa shape index (κ1) is 16.2. The highest BCUT2D eigenvalue weighted by atomic mass is 32.2. The van der Waals surface area contributed by atoms with E-state index in [9.17, 15) is 13.2 Å². The second kappa shape index (κ2) is 6.48. The van der Waals surface area contributed by atoms with E-state index in [0.717, 1.165) is 25.9 Å². The second-order valence-electron chi connectivity index (χ2n) is 6.69. The molecule has 0 bridgehead atoms. The Balaban J connectivity index is 1.57. The van der Waals surface area contributed by atoms with E-state index in [4.69, 9.17) is 0 Å². The molecule has 2 atom stereocenters. The fourth-order valence-corrected chi connectivity index (χ4v) is 4.87. The lowest BCUT2D eigenvalue weighted by molar-refractivity contribution is -0.129. The highest BCUT2D eigenvalue weighted by Crippen LogP contribution is 2.35. The Morgan fingerprint density at radius 3 is 2.61 bits per heavy atom. The van der Waals surface area contributed by atoms with Gasteiger partial charge >= 0.3 is 0 Å². The summed E-state index contributed by atoms with van der Waals surface area (Å²) in [5, 5.41) is 0. The third-order valence-electron chi connectivity index (χ3n) is 4.97. The number of rotatable bonds is 4. The van der Waals surface area contributed by atoms with Gasteiger partial charge in [0.25, 0.3) is 0 Å². The Labute approximate surface area is 138 Å². The highest BCUT2D eigenvalue weighted by Gasteiger charge is 2.36. The maximum absolute atomic E-state index is 12.4. The minimum Gasteiger partial charge on any atom is -0.342 e. The van der Waals surface area contributed by atoms with Crippen LogP contribution in [0.3, 0.4) is 0 Å². The summed E-state index contributed by atoms with van der Waals surface area (Å²) in [5.74, 6) is 0.957. The number of carbonyl (C=O) groups excluding carboxylic acids is 1. The van der Waals surface area contributed by atoms with E-state index in [1.165, 1.54) is 5.57 Å². The summed E-state index contributed by atoms with van der Waals surface area (Å²) in [6, 6.07) is 8.36. The van der Waals surface area contributed by atoms with Crippen molar-refractivity contribution in [2.24, 2.45) is 11.8 Å². The van der Waals surface area contributed by atoms with Gasteiger partial charge in [-0.2, -0.15) is 0 Å². The Morgan fingerprint density at radius 1 is 1.17 bits per heavy atom. The lowest BCUT2D eigenvalue weighted by atomic mass is 9.83. The van der Waals surface area contributed by atoms with Crippen molar-refractivity contribution >= 4 is 15.7 Å². The van der Waals surface area contributed by atoms with E-state index in [1.807, 2.05) is 4.90 Å². The molecule has 1 fully saturated rings. The monoisotopic (exact) mass is 333 g/mol. The first-order valence-electron chi connectivity index (χ1n) is 8.17. The largest absolute Gasteiger partial charge is 0.342 e. The molecule has 2 aliphatic rings. The predicted molar refractivity (Wildman–Crippen MR) is 89.7 cm³/mol. The SMILES string of the molecule is CC1=CC[C@H]2CN(C(=O)CCS(=O)(=O)c3ccccc3)C[C@H]2C1. The third kappa shape index (κ3) is 3.66. The second-order valence-corrected chi connectivity index (χ2v) is 8.80. The Hall–Kier alpha value is -1.62. The molecule has 5 heteroatoms. The van der Waals surface area contributed by atoms with Crippen LogP contribution in [-0.4, -0.2) is 38.1 Å². The standard InChI is InChI=1S/C18H23NO3S/c1-14-7-8-15-12-19(13-16(15)11-14)18(20)9-10-23(21,22)17-5-3-2-4-6-17/h2-7,15-16H,8-13H2,1H3/t15-,16+/m0/s1. The van der Waals surface area contributed by atoms with Crippen molar-refractivity contribution in [3.05, 3.63) is 42.0 Å². The van der Waals surface area contributed by atoms with Crippen LogP contribution in [0.2, 0.25) is 0 Å². The van der Waals surface area contributed by atoms with Gasteiger partial charge in [0.1, 0.15) is 0 Å². The van der Waals surface area contributed by atoms with E-state index in [0.29, 0.717) is 16.7 Å². The lowest BCUT2D eigenvalue weighted by Gasteiger charge is -2.21. The number of nitrogens with zero attached hydrogens (tertiary/aromatic N) is 1. The Bertz CT molecular complexity index is 709. The maximum Gasteiger partial charge on any atom is 0.223 e. The molecule has 1 aromatic carbocycles. The molecule has 1 aliphatic heterocycles. The first-order valence-corrected chi connectivity index (χ1v) is 9.82. The fraction of sp³-hybridized carbons (Fsp3) is 0.500. The minimum absolute atomic E-state index is 0.0310. The summed E-state index contributed by atoms with van der Waals surface area (Å²) in [4.78, 5) is 14.6. The zero-order chi connectivity index (χ0) is 16.4. The first-order chi connectivity index (χ1) is 11.0. The van der Waals surface area contributed by atoms with Gasteiger partial charge in [0.15, 0.2) is 9.84 Å². The summed E-state index contributed by atoms with van der Waals surface area (Å²) in [6.07, 6.45) is 4.46. The van der Waals surface area contributed by atoms with Gasteiger partial charge in [-0.3, -0.25) is 4.79 Å².